The van der Waals surface area contributed by atoms with Crippen molar-refractivity contribution in [2.75, 3.05) is 5.73 Å². The van der Waals surface area contributed by atoms with Gasteiger partial charge in [0.15, 0.2) is 5.58 Å². The molecule has 0 saturated heterocycles. The minimum absolute atomic E-state index is 0.583. The fourth-order valence-electron chi connectivity index (χ4n) is 1.76. The van der Waals surface area contributed by atoms with Gasteiger partial charge in [-0.2, -0.15) is 0 Å². The molecule has 2 N–H and O–H groups in total. The van der Waals surface area contributed by atoms with Crippen LogP contribution in [0.4, 0.5) is 5.69 Å². The van der Waals surface area contributed by atoms with Gasteiger partial charge >= 0.3 is 0 Å². The molecule has 0 atom stereocenters. The third-order valence-electron chi connectivity index (χ3n) is 2.65. The number of nitrogens with zero attached hydrogens (tertiary/aromatic N) is 1. The molecular formula is C15H12N2O. The Kier molecular flexibility index (Phi) is 2.57. The summed E-state index contributed by atoms with van der Waals surface area (Å²) in [6.45, 7) is 0. The Morgan fingerprint density at radius 2 is 1.83 bits per heavy atom. The van der Waals surface area contributed by atoms with Crippen molar-refractivity contribution in [3.8, 4) is 0 Å². The number of aromatic nitrogens is 1. The van der Waals surface area contributed by atoms with Gasteiger partial charge in [-0.05, 0) is 23.8 Å². The lowest BCUT2D eigenvalue weighted by Crippen LogP contribution is -1.81. The third-order valence-corrected chi connectivity index (χ3v) is 2.65. The second-order valence-electron chi connectivity index (χ2n) is 4.02. The van der Waals surface area contributed by atoms with E-state index in [1.165, 1.54) is 0 Å². The van der Waals surface area contributed by atoms with Crippen LogP contribution in [0.2, 0.25) is 0 Å². The van der Waals surface area contributed by atoms with Gasteiger partial charge in [-0.3, -0.25) is 0 Å². The van der Waals surface area contributed by atoms with E-state index in [-0.39, 0.29) is 0 Å². The molecule has 0 amide bonds. The van der Waals surface area contributed by atoms with E-state index in [0.29, 0.717) is 17.2 Å². The largest absolute Gasteiger partial charge is 0.437 e. The summed E-state index contributed by atoms with van der Waals surface area (Å²) in [6, 6.07) is 15.5. The molecule has 0 saturated carbocycles. The lowest BCUT2D eigenvalue weighted by molar-refractivity contribution is 0.590. The zero-order valence-corrected chi connectivity index (χ0v) is 9.71. The average molecular weight is 236 g/mol. The highest BCUT2D eigenvalue weighted by Gasteiger charge is 2.02. The molecular weight excluding hydrogens is 224 g/mol. The number of rotatable bonds is 2. The third kappa shape index (κ3) is 2.11. The van der Waals surface area contributed by atoms with Crippen molar-refractivity contribution in [3.05, 3.63) is 60.0 Å². The summed E-state index contributed by atoms with van der Waals surface area (Å²) in [5.74, 6) is 0.583. The molecule has 0 aliphatic heterocycles. The Bertz CT molecular complexity index is 699. The highest BCUT2D eigenvalue weighted by molar-refractivity contribution is 5.78. The van der Waals surface area contributed by atoms with Crippen LogP contribution in [0.25, 0.3) is 23.3 Å². The molecule has 3 heteroatoms. The van der Waals surface area contributed by atoms with Crippen molar-refractivity contribution in [2.45, 2.75) is 0 Å². The molecule has 2 aromatic carbocycles. The van der Waals surface area contributed by atoms with Gasteiger partial charge in [-0.15, -0.1) is 0 Å². The van der Waals surface area contributed by atoms with Gasteiger partial charge in [0, 0.05) is 17.8 Å². The Balaban J connectivity index is 1.93. The fraction of sp³-hybridized carbons (Fsp3) is 0. The number of fused-ring (bicyclic) bond motifs is 1. The Morgan fingerprint density at radius 1 is 1.00 bits per heavy atom. The van der Waals surface area contributed by atoms with Crippen molar-refractivity contribution in [3.63, 3.8) is 0 Å². The van der Waals surface area contributed by atoms with Gasteiger partial charge < -0.3 is 10.2 Å². The quantitative estimate of drug-likeness (QED) is 0.692. The molecule has 0 spiro atoms. The van der Waals surface area contributed by atoms with Crippen LogP contribution < -0.4 is 5.73 Å². The maximum atomic E-state index is 5.69. The lowest BCUT2D eigenvalue weighted by Gasteiger charge is -1.89. The second kappa shape index (κ2) is 4.37. The summed E-state index contributed by atoms with van der Waals surface area (Å²) in [6.07, 6.45) is 3.82. The van der Waals surface area contributed by atoms with E-state index in [2.05, 4.69) is 4.98 Å². The molecule has 0 unspecified atom stereocenters. The first-order chi connectivity index (χ1) is 8.81. The molecule has 88 valence electrons. The Labute approximate surface area is 105 Å². The van der Waals surface area contributed by atoms with Crippen LogP contribution in [-0.2, 0) is 0 Å². The molecule has 3 aromatic rings. The molecule has 1 aromatic heterocycles. The van der Waals surface area contributed by atoms with Crippen LogP contribution in [0.1, 0.15) is 11.5 Å². The number of oxazole rings is 1. The van der Waals surface area contributed by atoms with Crippen LogP contribution in [0.3, 0.4) is 0 Å². The topological polar surface area (TPSA) is 52.0 Å². The summed E-state index contributed by atoms with van der Waals surface area (Å²) in [7, 11) is 0. The van der Waals surface area contributed by atoms with Gasteiger partial charge in [0.05, 0.1) is 0 Å². The Morgan fingerprint density at radius 3 is 2.67 bits per heavy atom. The van der Waals surface area contributed by atoms with E-state index in [0.717, 1.165) is 11.1 Å². The van der Waals surface area contributed by atoms with E-state index < -0.39 is 0 Å². The van der Waals surface area contributed by atoms with Crippen LogP contribution in [0.5, 0.6) is 0 Å². The number of nitrogens with two attached hydrogens (primary N) is 1. The van der Waals surface area contributed by atoms with E-state index in [1.807, 2.05) is 54.6 Å². The molecule has 0 aliphatic rings. The number of hydrogen-bond donors (Lipinski definition) is 1. The second-order valence-corrected chi connectivity index (χ2v) is 4.02. The van der Waals surface area contributed by atoms with Crippen LogP contribution in [-0.4, -0.2) is 4.98 Å². The summed E-state index contributed by atoms with van der Waals surface area (Å²) >= 11 is 0. The first-order valence-corrected chi connectivity index (χ1v) is 5.70. The van der Waals surface area contributed by atoms with Crippen molar-refractivity contribution in [1.82, 2.24) is 4.98 Å². The van der Waals surface area contributed by atoms with Crippen molar-refractivity contribution >= 4 is 28.9 Å². The predicted octanol–water partition coefficient (Wildman–Crippen LogP) is 3.58. The number of hydrogen-bond acceptors (Lipinski definition) is 3. The van der Waals surface area contributed by atoms with Gasteiger partial charge in [-0.1, -0.05) is 30.3 Å². The highest BCUT2D eigenvalue weighted by Crippen LogP contribution is 2.19. The molecule has 0 fully saturated rings. The number of benzene rings is 2. The van der Waals surface area contributed by atoms with Crippen LogP contribution in [0, 0.1) is 0 Å². The normalized spacial score (nSPS) is 11.3. The molecule has 1 heterocycles. The average Bonchev–Trinajstić information content (AvgIpc) is 2.79. The molecule has 3 nitrogen and oxygen atoms in total. The zero-order chi connectivity index (χ0) is 12.4. The van der Waals surface area contributed by atoms with Crippen LogP contribution >= 0.6 is 0 Å². The van der Waals surface area contributed by atoms with Gasteiger partial charge in [0.25, 0.3) is 0 Å². The summed E-state index contributed by atoms with van der Waals surface area (Å²) in [4.78, 5) is 4.36. The van der Waals surface area contributed by atoms with E-state index in [9.17, 15) is 0 Å². The van der Waals surface area contributed by atoms with Gasteiger partial charge in [-0.25, -0.2) is 4.98 Å². The maximum absolute atomic E-state index is 5.69. The van der Waals surface area contributed by atoms with Crippen molar-refractivity contribution < 1.29 is 4.42 Å². The fourth-order valence-corrected chi connectivity index (χ4v) is 1.76. The Hall–Kier alpha value is -2.55. The first-order valence-electron chi connectivity index (χ1n) is 5.70. The van der Waals surface area contributed by atoms with Crippen molar-refractivity contribution in [2.24, 2.45) is 0 Å². The molecule has 0 aliphatic carbocycles. The standard InChI is InChI=1S/C15H12N2O/c16-12-7-8-13-14(10-12)18-15(17-13)9-6-11-4-2-1-3-5-11/h1-10H,16H2/b9-6+. The molecule has 3 rings (SSSR count). The summed E-state index contributed by atoms with van der Waals surface area (Å²) in [5.41, 5.74) is 9.01. The van der Waals surface area contributed by atoms with E-state index in [4.69, 9.17) is 10.2 Å². The molecule has 18 heavy (non-hydrogen) atoms. The van der Waals surface area contributed by atoms with Gasteiger partial charge in [0.2, 0.25) is 5.89 Å². The summed E-state index contributed by atoms with van der Waals surface area (Å²) in [5, 5.41) is 0. The SMILES string of the molecule is Nc1ccc2nc(/C=C/c3ccccc3)oc2c1. The lowest BCUT2D eigenvalue weighted by atomic mass is 10.2. The molecule has 0 radical (unpaired) electrons. The van der Waals surface area contributed by atoms with Gasteiger partial charge in [0.1, 0.15) is 5.52 Å². The highest BCUT2D eigenvalue weighted by atomic mass is 16.3. The van der Waals surface area contributed by atoms with E-state index in [1.54, 1.807) is 6.07 Å². The number of nitrogen functional groups attached to an aromatic ring is 1. The maximum Gasteiger partial charge on any atom is 0.220 e. The minimum Gasteiger partial charge on any atom is -0.437 e. The number of anilines is 1. The van der Waals surface area contributed by atoms with Crippen molar-refractivity contribution in [1.29, 1.82) is 0 Å². The first kappa shape index (κ1) is 10.6. The molecule has 0 bridgehead atoms. The monoisotopic (exact) mass is 236 g/mol. The smallest absolute Gasteiger partial charge is 0.220 e. The summed E-state index contributed by atoms with van der Waals surface area (Å²) < 4.78 is 5.59. The zero-order valence-electron chi connectivity index (χ0n) is 9.71. The predicted molar refractivity (Wildman–Crippen MR) is 73.8 cm³/mol. The van der Waals surface area contributed by atoms with E-state index >= 15 is 0 Å². The van der Waals surface area contributed by atoms with Crippen LogP contribution in [0.15, 0.2) is 52.9 Å². The minimum atomic E-state index is 0.583.